The first kappa shape index (κ1) is 14.5. The third-order valence-corrected chi connectivity index (χ3v) is 4.56. The molecule has 0 spiro atoms. The lowest BCUT2D eigenvalue weighted by atomic mass is 10.1. The molecule has 4 rings (SSSR count). The van der Waals surface area contributed by atoms with Crippen LogP contribution in [0.5, 0.6) is 0 Å². The molecule has 8 nitrogen and oxygen atoms in total. The maximum Gasteiger partial charge on any atom is 0.324 e. The predicted molar refractivity (Wildman–Crippen MR) is 87.8 cm³/mol. The van der Waals surface area contributed by atoms with E-state index in [0.29, 0.717) is 12.1 Å². The fourth-order valence-corrected chi connectivity index (χ4v) is 3.09. The zero-order valence-electron chi connectivity index (χ0n) is 13.3. The minimum atomic E-state index is 0.0110. The van der Waals surface area contributed by atoms with E-state index in [0.717, 1.165) is 31.1 Å². The number of likely N-dealkylation sites (N-methyl/N-ethyl adjacent to an activating group) is 1. The van der Waals surface area contributed by atoms with Crippen molar-refractivity contribution in [1.29, 1.82) is 5.26 Å². The largest absolute Gasteiger partial charge is 0.351 e. The van der Waals surface area contributed by atoms with Crippen molar-refractivity contribution in [2.75, 3.05) is 43.0 Å². The number of nitrogens with zero attached hydrogens (tertiary/aromatic N) is 7. The molecule has 0 saturated carbocycles. The van der Waals surface area contributed by atoms with E-state index < -0.39 is 0 Å². The minimum Gasteiger partial charge on any atom is -0.351 e. The molecule has 2 aliphatic rings. The van der Waals surface area contributed by atoms with Gasteiger partial charge in [-0.1, -0.05) is 0 Å². The van der Waals surface area contributed by atoms with Crippen LogP contribution in [0.25, 0.3) is 0 Å². The molecule has 0 radical (unpaired) electrons. The minimum absolute atomic E-state index is 0.0110. The molecule has 0 N–H and O–H groups in total. The van der Waals surface area contributed by atoms with Gasteiger partial charge in [0, 0.05) is 45.6 Å². The van der Waals surface area contributed by atoms with E-state index in [-0.39, 0.29) is 12.1 Å². The first-order chi connectivity index (χ1) is 11.7. The van der Waals surface area contributed by atoms with E-state index in [2.05, 4.69) is 21.1 Å². The van der Waals surface area contributed by atoms with Crippen molar-refractivity contribution in [3.63, 3.8) is 0 Å². The summed E-state index contributed by atoms with van der Waals surface area (Å²) in [6.45, 7) is 2.93. The van der Waals surface area contributed by atoms with Gasteiger partial charge in [-0.2, -0.15) is 10.4 Å². The molecular weight excluding hydrogens is 306 g/mol. The molecule has 0 aliphatic carbocycles. The van der Waals surface area contributed by atoms with Gasteiger partial charge in [-0.05, 0) is 12.1 Å². The number of aromatic nitrogens is 3. The van der Waals surface area contributed by atoms with Crippen LogP contribution < -0.4 is 9.80 Å². The average Bonchev–Trinajstić information content (AvgIpc) is 3.15. The molecule has 2 aromatic heterocycles. The summed E-state index contributed by atoms with van der Waals surface area (Å²) in [4.78, 5) is 21.9. The van der Waals surface area contributed by atoms with Gasteiger partial charge in [-0.15, -0.1) is 0 Å². The number of carbonyl (C=O) groups is 1. The summed E-state index contributed by atoms with van der Waals surface area (Å²) in [5.41, 5.74) is 1.42. The Kier molecular flexibility index (Phi) is 3.34. The van der Waals surface area contributed by atoms with Crippen molar-refractivity contribution in [3.8, 4) is 6.07 Å². The second-order valence-electron chi connectivity index (χ2n) is 6.08. The van der Waals surface area contributed by atoms with Crippen LogP contribution in [-0.2, 0) is 0 Å². The van der Waals surface area contributed by atoms with E-state index >= 15 is 0 Å². The molecule has 8 heteroatoms. The maximum absolute atomic E-state index is 12.0. The molecule has 4 heterocycles. The SMILES string of the molecule is CN1CCN(c2cnn(C3CN(c4ncccc4C#N)C3)c2)C1=O. The van der Waals surface area contributed by atoms with Gasteiger partial charge < -0.3 is 9.80 Å². The van der Waals surface area contributed by atoms with Crippen LogP contribution in [0, 0.1) is 11.3 Å². The number of amides is 2. The molecule has 2 aliphatic heterocycles. The Morgan fingerprint density at radius 2 is 2.17 bits per heavy atom. The Labute approximate surface area is 139 Å². The van der Waals surface area contributed by atoms with Gasteiger partial charge in [0.25, 0.3) is 0 Å². The van der Waals surface area contributed by atoms with Crippen LogP contribution in [0.3, 0.4) is 0 Å². The first-order valence-electron chi connectivity index (χ1n) is 7.84. The lowest BCUT2D eigenvalue weighted by Crippen LogP contribution is -2.48. The van der Waals surface area contributed by atoms with Crippen molar-refractivity contribution in [2.24, 2.45) is 0 Å². The van der Waals surface area contributed by atoms with Gasteiger partial charge in [-0.3, -0.25) is 9.58 Å². The van der Waals surface area contributed by atoms with Gasteiger partial charge in [0.2, 0.25) is 0 Å². The van der Waals surface area contributed by atoms with E-state index in [9.17, 15) is 4.79 Å². The lowest BCUT2D eigenvalue weighted by Gasteiger charge is -2.40. The number of pyridine rings is 1. The Bertz CT molecular complexity index is 818. The van der Waals surface area contributed by atoms with Crippen LogP contribution in [0.1, 0.15) is 11.6 Å². The van der Waals surface area contributed by atoms with Crippen LogP contribution in [0.4, 0.5) is 16.3 Å². The highest BCUT2D eigenvalue weighted by molar-refractivity contribution is 5.93. The van der Waals surface area contributed by atoms with Gasteiger partial charge in [0.1, 0.15) is 11.9 Å². The van der Waals surface area contributed by atoms with Crippen LogP contribution in [-0.4, -0.2) is 58.9 Å². The van der Waals surface area contributed by atoms with Crippen LogP contribution >= 0.6 is 0 Å². The first-order valence-corrected chi connectivity index (χ1v) is 7.84. The highest BCUT2D eigenvalue weighted by atomic mass is 16.2. The zero-order valence-corrected chi connectivity index (χ0v) is 13.3. The Morgan fingerprint density at radius 3 is 2.88 bits per heavy atom. The van der Waals surface area contributed by atoms with Crippen molar-refractivity contribution < 1.29 is 4.79 Å². The summed E-state index contributed by atoms with van der Waals surface area (Å²) in [6.07, 6.45) is 5.36. The third-order valence-electron chi connectivity index (χ3n) is 4.56. The standard InChI is InChI=1S/C16H17N7O/c1-20-5-6-22(16(20)24)13-8-19-23(11-13)14-9-21(10-14)15-12(7-17)3-2-4-18-15/h2-4,8,11,14H,5-6,9-10H2,1H3. The summed E-state index contributed by atoms with van der Waals surface area (Å²) in [5.74, 6) is 0.722. The molecule has 2 saturated heterocycles. The Balaban J connectivity index is 1.45. The number of anilines is 2. The van der Waals surface area contributed by atoms with Gasteiger partial charge >= 0.3 is 6.03 Å². The normalized spacial score (nSPS) is 18.0. The third kappa shape index (κ3) is 2.25. The quantitative estimate of drug-likeness (QED) is 0.844. The molecular formula is C16H17N7O. The fourth-order valence-electron chi connectivity index (χ4n) is 3.09. The molecule has 0 aromatic carbocycles. The molecule has 122 valence electrons. The second kappa shape index (κ2) is 5.53. The zero-order chi connectivity index (χ0) is 16.7. The van der Waals surface area contributed by atoms with Crippen LogP contribution in [0.15, 0.2) is 30.7 Å². The predicted octanol–water partition coefficient (Wildman–Crippen LogP) is 1.08. The average molecular weight is 323 g/mol. The van der Waals surface area contributed by atoms with Crippen molar-refractivity contribution in [3.05, 3.63) is 36.3 Å². The number of hydrogen-bond acceptors (Lipinski definition) is 5. The highest BCUT2D eigenvalue weighted by Gasteiger charge is 2.33. The number of urea groups is 1. The van der Waals surface area contributed by atoms with Gasteiger partial charge in [0.05, 0.1) is 23.5 Å². The summed E-state index contributed by atoms with van der Waals surface area (Å²) < 4.78 is 1.90. The molecule has 0 bridgehead atoms. The van der Waals surface area contributed by atoms with Crippen LogP contribution in [0.2, 0.25) is 0 Å². The van der Waals surface area contributed by atoms with E-state index in [1.807, 2.05) is 10.9 Å². The van der Waals surface area contributed by atoms with Crippen molar-refractivity contribution in [2.45, 2.75) is 6.04 Å². The number of rotatable bonds is 3. The van der Waals surface area contributed by atoms with E-state index in [1.165, 1.54) is 0 Å². The van der Waals surface area contributed by atoms with E-state index in [1.54, 1.807) is 41.4 Å². The number of nitriles is 1. The monoisotopic (exact) mass is 323 g/mol. The van der Waals surface area contributed by atoms with Crippen molar-refractivity contribution in [1.82, 2.24) is 19.7 Å². The fraction of sp³-hybridized carbons (Fsp3) is 0.375. The Morgan fingerprint density at radius 1 is 1.33 bits per heavy atom. The molecule has 24 heavy (non-hydrogen) atoms. The summed E-state index contributed by atoms with van der Waals surface area (Å²) in [6, 6.07) is 5.95. The highest BCUT2D eigenvalue weighted by Crippen LogP contribution is 2.29. The Hall–Kier alpha value is -3.08. The number of carbonyl (C=O) groups excluding carboxylic acids is 1. The second-order valence-corrected chi connectivity index (χ2v) is 6.08. The van der Waals surface area contributed by atoms with Gasteiger partial charge in [0.15, 0.2) is 0 Å². The summed E-state index contributed by atoms with van der Waals surface area (Å²) in [7, 11) is 1.80. The molecule has 2 fully saturated rings. The topological polar surface area (TPSA) is 81.3 Å². The lowest BCUT2D eigenvalue weighted by molar-refractivity contribution is 0.229. The molecule has 2 aromatic rings. The molecule has 2 amide bonds. The van der Waals surface area contributed by atoms with E-state index in [4.69, 9.17) is 5.26 Å². The molecule has 0 unspecified atom stereocenters. The van der Waals surface area contributed by atoms with Crippen molar-refractivity contribution >= 4 is 17.5 Å². The molecule has 0 atom stereocenters. The number of hydrogen-bond donors (Lipinski definition) is 0. The summed E-state index contributed by atoms with van der Waals surface area (Å²) in [5, 5.41) is 13.6. The van der Waals surface area contributed by atoms with Gasteiger partial charge in [-0.25, -0.2) is 9.78 Å². The smallest absolute Gasteiger partial charge is 0.324 e. The maximum atomic E-state index is 12.0. The summed E-state index contributed by atoms with van der Waals surface area (Å²) >= 11 is 0.